The lowest BCUT2D eigenvalue weighted by atomic mass is 10.1. The minimum Gasteiger partial charge on any atom is -0.350 e. The average molecular weight is 367 g/mol. The molecule has 2 rings (SSSR count). The molecule has 0 saturated heterocycles. The van der Waals surface area contributed by atoms with Gasteiger partial charge < -0.3 is 5.32 Å². The van der Waals surface area contributed by atoms with Crippen LogP contribution in [-0.2, 0) is 11.2 Å². The Morgan fingerprint density at radius 3 is 2.57 bits per heavy atom. The molecular formula is C17H17BrClNO. The minimum absolute atomic E-state index is 0.0261. The lowest BCUT2D eigenvalue weighted by Gasteiger charge is -2.16. The van der Waals surface area contributed by atoms with E-state index in [-0.39, 0.29) is 11.9 Å². The second kappa shape index (κ2) is 7.62. The van der Waals surface area contributed by atoms with Crippen molar-refractivity contribution in [2.75, 3.05) is 0 Å². The summed E-state index contributed by atoms with van der Waals surface area (Å²) >= 11 is 9.60. The topological polar surface area (TPSA) is 29.1 Å². The molecule has 2 nitrogen and oxygen atoms in total. The molecule has 0 fully saturated rings. The highest BCUT2D eigenvalue weighted by Gasteiger charge is 2.12. The minimum atomic E-state index is -0.0284. The molecule has 1 unspecified atom stereocenters. The Hall–Kier alpha value is -1.32. The van der Waals surface area contributed by atoms with E-state index in [9.17, 15) is 4.79 Å². The van der Waals surface area contributed by atoms with E-state index >= 15 is 0 Å². The van der Waals surface area contributed by atoms with E-state index in [1.165, 1.54) is 0 Å². The molecule has 110 valence electrons. The highest BCUT2D eigenvalue weighted by atomic mass is 79.9. The number of aryl methyl sites for hydroxylation is 1. The summed E-state index contributed by atoms with van der Waals surface area (Å²) in [5, 5.41) is 3.73. The van der Waals surface area contributed by atoms with Gasteiger partial charge in [0.2, 0.25) is 5.91 Å². The third kappa shape index (κ3) is 4.58. The van der Waals surface area contributed by atoms with Gasteiger partial charge in [0.15, 0.2) is 0 Å². The third-order valence-electron chi connectivity index (χ3n) is 3.33. The molecule has 0 spiro atoms. The highest BCUT2D eigenvalue weighted by Crippen LogP contribution is 2.23. The van der Waals surface area contributed by atoms with Crippen molar-refractivity contribution < 1.29 is 4.79 Å². The quantitative estimate of drug-likeness (QED) is 0.800. The van der Waals surface area contributed by atoms with Crippen molar-refractivity contribution >= 4 is 33.4 Å². The Morgan fingerprint density at radius 2 is 1.86 bits per heavy atom. The monoisotopic (exact) mass is 365 g/mol. The van der Waals surface area contributed by atoms with Crippen LogP contribution in [0.25, 0.3) is 0 Å². The van der Waals surface area contributed by atoms with Gasteiger partial charge in [-0.2, -0.15) is 0 Å². The molecule has 2 aromatic rings. The number of benzene rings is 2. The van der Waals surface area contributed by atoms with Gasteiger partial charge in [0.25, 0.3) is 0 Å². The SMILES string of the molecule is CC(NC(=O)CCc1ccccc1Cl)c1ccccc1Br. The second-order valence-electron chi connectivity index (χ2n) is 4.90. The molecule has 0 saturated carbocycles. The number of rotatable bonds is 5. The number of hydrogen-bond donors (Lipinski definition) is 1. The van der Waals surface area contributed by atoms with Crippen LogP contribution in [0.1, 0.15) is 30.5 Å². The molecule has 1 atom stereocenters. The van der Waals surface area contributed by atoms with Crippen molar-refractivity contribution in [1.82, 2.24) is 5.32 Å². The summed E-state index contributed by atoms with van der Waals surface area (Å²) in [6.07, 6.45) is 1.08. The number of halogens is 2. The van der Waals surface area contributed by atoms with Crippen LogP contribution in [0.5, 0.6) is 0 Å². The first-order valence-electron chi connectivity index (χ1n) is 6.85. The molecular weight excluding hydrogens is 350 g/mol. The van der Waals surface area contributed by atoms with Crippen LogP contribution in [0.4, 0.5) is 0 Å². The maximum atomic E-state index is 12.1. The molecule has 1 amide bonds. The van der Waals surface area contributed by atoms with Crippen LogP contribution in [0, 0.1) is 0 Å². The van der Waals surface area contributed by atoms with Crippen molar-refractivity contribution in [1.29, 1.82) is 0 Å². The van der Waals surface area contributed by atoms with Crippen LogP contribution in [0.15, 0.2) is 53.0 Å². The van der Waals surface area contributed by atoms with Gasteiger partial charge in [-0.1, -0.05) is 63.9 Å². The number of carbonyl (C=O) groups is 1. The first-order chi connectivity index (χ1) is 10.1. The second-order valence-corrected chi connectivity index (χ2v) is 6.16. The molecule has 0 aliphatic carbocycles. The Labute approximate surface area is 138 Å². The summed E-state index contributed by atoms with van der Waals surface area (Å²) in [5.41, 5.74) is 2.08. The van der Waals surface area contributed by atoms with E-state index in [4.69, 9.17) is 11.6 Å². The lowest BCUT2D eigenvalue weighted by Crippen LogP contribution is -2.27. The molecule has 0 aliphatic rings. The predicted molar refractivity (Wildman–Crippen MR) is 90.5 cm³/mol. The lowest BCUT2D eigenvalue weighted by molar-refractivity contribution is -0.121. The van der Waals surface area contributed by atoms with Gasteiger partial charge >= 0.3 is 0 Å². The molecule has 21 heavy (non-hydrogen) atoms. The standard InChI is InChI=1S/C17H17BrClNO/c1-12(14-7-3-4-8-15(14)18)20-17(21)11-10-13-6-2-5-9-16(13)19/h2-9,12H,10-11H2,1H3,(H,20,21). The van der Waals surface area contributed by atoms with Gasteiger partial charge in [0, 0.05) is 15.9 Å². The fourth-order valence-corrected chi connectivity index (χ4v) is 3.03. The predicted octanol–water partition coefficient (Wildman–Crippen LogP) is 4.91. The largest absolute Gasteiger partial charge is 0.350 e. The number of amides is 1. The Balaban J connectivity index is 1.90. The van der Waals surface area contributed by atoms with Gasteiger partial charge in [0.1, 0.15) is 0 Å². The molecule has 4 heteroatoms. The van der Waals surface area contributed by atoms with Crippen LogP contribution >= 0.6 is 27.5 Å². The maximum absolute atomic E-state index is 12.1. The first kappa shape index (κ1) is 16.1. The van der Waals surface area contributed by atoms with E-state index in [1.54, 1.807) is 0 Å². The normalized spacial score (nSPS) is 12.0. The summed E-state index contributed by atoms with van der Waals surface area (Å²) in [6, 6.07) is 15.5. The van der Waals surface area contributed by atoms with Crippen molar-refractivity contribution in [2.24, 2.45) is 0 Å². The number of carbonyl (C=O) groups excluding carboxylic acids is 1. The van der Waals surface area contributed by atoms with Crippen LogP contribution < -0.4 is 5.32 Å². The zero-order chi connectivity index (χ0) is 15.2. The Morgan fingerprint density at radius 1 is 1.19 bits per heavy atom. The molecule has 0 heterocycles. The molecule has 0 aliphatic heterocycles. The van der Waals surface area contributed by atoms with Gasteiger partial charge in [-0.15, -0.1) is 0 Å². The fourth-order valence-electron chi connectivity index (χ4n) is 2.17. The highest BCUT2D eigenvalue weighted by molar-refractivity contribution is 9.10. The zero-order valence-corrected chi connectivity index (χ0v) is 14.1. The first-order valence-corrected chi connectivity index (χ1v) is 8.02. The zero-order valence-electron chi connectivity index (χ0n) is 11.8. The Bertz CT molecular complexity index is 630. The van der Waals surface area contributed by atoms with Crippen molar-refractivity contribution in [3.05, 3.63) is 69.2 Å². The van der Waals surface area contributed by atoms with Gasteiger partial charge in [-0.25, -0.2) is 0 Å². The van der Waals surface area contributed by atoms with E-state index in [0.717, 1.165) is 15.6 Å². The summed E-state index contributed by atoms with van der Waals surface area (Å²) < 4.78 is 1.00. The summed E-state index contributed by atoms with van der Waals surface area (Å²) in [5.74, 6) is 0.0261. The molecule has 2 aromatic carbocycles. The van der Waals surface area contributed by atoms with Gasteiger partial charge in [0.05, 0.1) is 6.04 Å². The molecule has 0 bridgehead atoms. The summed E-state index contributed by atoms with van der Waals surface area (Å²) in [4.78, 5) is 12.1. The van der Waals surface area contributed by atoms with Crippen LogP contribution in [0.3, 0.4) is 0 Å². The van der Waals surface area contributed by atoms with Gasteiger partial charge in [-0.3, -0.25) is 4.79 Å². The van der Waals surface area contributed by atoms with Crippen LogP contribution in [0.2, 0.25) is 5.02 Å². The smallest absolute Gasteiger partial charge is 0.220 e. The average Bonchev–Trinajstić information content (AvgIpc) is 2.46. The number of nitrogens with one attached hydrogen (secondary N) is 1. The van der Waals surface area contributed by atoms with E-state index in [0.29, 0.717) is 17.9 Å². The summed E-state index contributed by atoms with van der Waals surface area (Å²) in [7, 11) is 0. The van der Waals surface area contributed by atoms with Crippen molar-refractivity contribution in [3.8, 4) is 0 Å². The van der Waals surface area contributed by atoms with Crippen molar-refractivity contribution in [3.63, 3.8) is 0 Å². The van der Waals surface area contributed by atoms with E-state index < -0.39 is 0 Å². The molecule has 0 aromatic heterocycles. The molecule has 1 N–H and O–H groups in total. The van der Waals surface area contributed by atoms with E-state index in [2.05, 4.69) is 21.2 Å². The number of hydrogen-bond acceptors (Lipinski definition) is 1. The van der Waals surface area contributed by atoms with Crippen LogP contribution in [-0.4, -0.2) is 5.91 Å². The Kier molecular flexibility index (Phi) is 5.83. The fraction of sp³-hybridized carbons (Fsp3) is 0.235. The van der Waals surface area contributed by atoms with Gasteiger partial charge in [-0.05, 0) is 36.6 Å². The van der Waals surface area contributed by atoms with E-state index in [1.807, 2.05) is 55.5 Å². The molecule has 0 radical (unpaired) electrons. The maximum Gasteiger partial charge on any atom is 0.220 e. The third-order valence-corrected chi connectivity index (χ3v) is 4.42. The summed E-state index contributed by atoms with van der Waals surface area (Å²) in [6.45, 7) is 1.98. The van der Waals surface area contributed by atoms with Crippen molar-refractivity contribution in [2.45, 2.75) is 25.8 Å².